The molecule has 0 radical (unpaired) electrons. The van der Waals surface area contributed by atoms with Crippen molar-refractivity contribution in [3.63, 3.8) is 0 Å². The van der Waals surface area contributed by atoms with E-state index in [0.29, 0.717) is 0 Å². The summed E-state index contributed by atoms with van der Waals surface area (Å²) in [5.41, 5.74) is 0. The molecule has 0 fully saturated rings. The van der Waals surface area contributed by atoms with Gasteiger partial charge in [-0.3, -0.25) is 4.79 Å². The molecule has 9 heteroatoms. The first-order chi connectivity index (χ1) is 9.31. The van der Waals surface area contributed by atoms with E-state index in [-0.39, 0.29) is 24.7 Å². The van der Waals surface area contributed by atoms with Gasteiger partial charge in [-0.1, -0.05) is 13.8 Å². The number of aliphatic carboxylic acids is 1. The number of nitro groups is 1. The Bertz CT molecular complexity index is 511. The second-order valence-electron chi connectivity index (χ2n) is 4.60. The normalized spacial score (nSPS) is 12.2. The maximum absolute atomic E-state index is 11.6. The minimum atomic E-state index is -1.09. The number of amides is 1. The Kier molecular flexibility index (Phi) is 5.18. The average Bonchev–Trinajstić information content (AvgIpc) is 2.81. The third-order valence-electron chi connectivity index (χ3n) is 2.65. The Balaban J connectivity index is 2.50. The quantitative estimate of drug-likeness (QED) is 0.551. The largest absolute Gasteiger partial charge is 0.480 e. The average molecular weight is 284 g/mol. The zero-order chi connectivity index (χ0) is 15.3. The first kappa shape index (κ1) is 15.6. The van der Waals surface area contributed by atoms with Gasteiger partial charge in [0.1, 0.15) is 12.2 Å². The van der Waals surface area contributed by atoms with Gasteiger partial charge in [0, 0.05) is 13.0 Å². The Morgan fingerprint density at radius 1 is 1.55 bits per heavy atom. The van der Waals surface area contributed by atoms with Crippen LogP contribution in [0.4, 0.5) is 5.82 Å². The van der Waals surface area contributed by atoms with Crippen molar-refractivity contribution >= 4 is 17.7 Å². The summed E-state index contributed by atoms with van der Waals surface area (Å²) in [6.07, 6.45) is 2.48. The number of carboxylic acids is 1. The molecule has 1 aromatic heterocycles. The molecule has 0 aliphatic carbocycles. The monoisotopic (exact) mass is 284 g/mol. The van der Waals surface area contributed by atoms with Gasteiger partial charge in [-0.15, -0.1) is 0 Å². The Morgan fingerprint density at radius 3 is 2.65 bits per heavy atom. The zero-order valence-corrected chi connectivity index (χ0v) is 11.1. The zero-order valence-electron chi connectivity index (χ0n) is 11.1. The minimum Gasteiger partial charge on any atom is -0.480 e. The summed E-state index contributed by atoms with van der Waals surface area (Å²) in [5.74, 6) is -2.05. The van der Waals surface area contributed by atoms with E-state index in [4.69, 9.17) is 5.11 Å². The molecule has 9 nitrogen and oxygen atoms in total. The van der Waals surface area contributed by atoms with E-state index < -0.39 is 22.8 Å². The molecule has 1 amide bonds. The van der Waals surface area contributed by atoms with Crippen molar-refractivity contribution in [2.45, 2.75) is 32.9 Å². The van der Waals surface area contributed by atoms with Gasteiger partial charge in [-0.05, 0) is 15.8 Å². The Labute approximate surface area is 114 Å². The van der Waals surface area contributed by atoms with Crippen LogP contribution in [0.15, 0.2) is 12.5 Å². The van der Waals surface area contributed by atoms with E-state index >= 15 is 0 Å². The van der Waals surface area contributed by atoms with E-state index in [1.165, 1.54) is 17.1 Å². The molecule has 1 aromatic rings. The number of imidazole rings is 1. The van der Waals surface area contributed by atoms with E-state index in [1.807, 2.05) is 0 Å². The van der Waals surface area contributed by atoms with Crippen LogP contribution in [0.2, 0.25) is 0 Å². The summed E-state index contributed by atoms with van der Waals surface area (Å²) in [5, 5.41) is 21.8. The summed E-state index contributed by atoms with van der Waals surface area (Å²) in [6, 6.07) is -0.945. The van der Waals surface area contributed by atoms with Crippen molar-refractivity contribution < 1.29 is 19.6 Å². The van der Waals surface area contributed by atoms with Crippen LogP contribution in [0.25, 0.3) is 0 Å². The van der Waals surface area contributed by atoms with Gasteiger partial charge in [0.25, 0.3) is 0 Å². The van der Waals surface area contributed by atoms with Crippen LogP contribution < -0.4 is 5.32 Å². The smallest absolute Gasteiger partial charge is 0.381 e. The van der Waals surface area contributed by atoms with Gasteiger partial charge in [-0.2, -0.15) is 0 Å². The van der Waals surface area contributed by atoms with Gasteiger partial charge in [0.2, 0.25) is 12.2 Å². The fraction of sp³-hybridized carbons (Fsp3) is 0.545. The lowest BCUT2D eigenvalue weighted by Crippen LogP contribution is -2.44. The number of nitrogens with zero attached hydrogens (tertiary/aromatic N) is 3. The van der Waals surface area contributed by atoms with Crippen molar-refractivity contribution in [1.82, 2.24) is 14.9 Å². The highest BCUT2D eigenvalue weighted by molar-refractivity contribution is 5.83. The van der Waals surface area contributed by atoms with Gasteiger partial charge in [-0.25, -0.2) is 4.79 Å². The van der Waals surface area contributed by atoms with Gasteiger partial charge in [0.05, 0.1) is 0 Å². The van der Waals surface area contributed by atoms with Gasteiger partial charge in [0.15, 0.2) is 0 Å². The van der Waals surface area contributed by atoms with E-state index in [9.17, 15) is 19.7 Å². The summed E-state index contributed by atoms with van der Waals surface area (Å²) in [7, 11) is 0. The number of rotatable bonds is 7. The van der Waals surface area contributed by atoms with Crippen molar-refractivity contribution in [2.75, 3.05) is 0 Å². The third kappa shape index (κ3) is 4.34. The lowest BCUT2D eigenvalue weighted by molar-refractivity contribution is -0.389. The van der Waals surface area contributed by atoms with Crippen LogP contribution in [-0.4, -0.2) is 37.5 Å². The number of hydrogen-bond acceptors (Lipinski definition) is 5. The molecule has 0 saturated heterocycles. The van der Waals surface area contributed by atoms with Crippen LogP contribution in [-0.2, 0) is 16.1 Å². The molecule has 0 aromatic carbocycles. The highest BCUT2D eigenvalue weighted by Gasteiger charge is 2.23. The third-order valence-corrected chi connectivity index (χ3v) is 2.65. The standard InChI is InChI=1S/C11H16N4O5/c1-7(2)10(11(17)18)13-9(16)3-4-14-5-8(12-6-14)15(19)20/h5-7,10H,3-4H2,1-2H3,(H,13,16)(H,17,18)/t10-/m1/s1. The predicted molar refractivity (Wildman–Crippen MR) is 67.9 cm³/mol. The summed E-state index contributed by atoms with van der Waals surface area (Å²) in [6.45, 7) is 3.58. The molecule has 0 aliphatic rings. The number of carbonyl (C=O) groups excluding carboxylic acids is 1. The molecule has 1 heterocycles. The number of hydrogen-bond donors (Lipinski definition) is 2. The Morgan fingerprint density at radius 2 is 2.20 bits per heavy atom. The Hall–Kier alpha value is -2.45. The first-order valence-corrected chi connectivity index (χ1v) is 5.99. The topological polar surface area (TPSA) is 127 Å². The molecular weight excluding hydrogens is 268 g/mol. The number of nitrogens with one attached hydrogen (secondary N) is 1. The second-order valence-corrected chi connectivity index (χ2v) is 4.60. The number of carbonyl (C=O) groups is 2. The molecule has 0 saturated carbocycles. The molecule has 20 heavy (non-hydrogen) atoms. The van der Waals surface area contributed by atoms with Gasteiger partial charge >= 0.3 is 11.8 Å². The molecule has 110 valence electrons. The molecule has 0 aliphatic heterocycles. The van der Waals surface area contributed by atoms with E-state index in [2.05, 4.69) is 10.3 Å². The molecular formula is C11H16N4O5. The lowest BCUT2D eigenvalue weighted by atomic mass is 10.0. The maximum Gasteiger partial charge on any atom is 0.381 e. The maximum atomic E-state index is 11.6. The van der Waals surface area contributed by atoms with Crippen molar-refractivity contribution in [3.05, 3.63) is 22.6 Å². The SMILES string of the molecule is CC(C)[C@@H](NC(=O)CCn1cnc([N+](=O)[O-])c1)C(=O)O. The number of carboxylic acid groups (broad SMARTS) is 1. The fourth-order valence-electron chi connectivity index (χ4n) is 1.55. The first-order valence-electron chi connectivity index (χ1n) is 5.99. The number of aromatic nitrogens is 2. The predicted octanol–water partition coefficient (Wildman–Crippen LogP) is 0.407. The van der Waals surface area contributed by atoms with Crippen LogP contribution in [0.5, 0.6) is 0 Å². The van der Waals surface area contributed by atoms with Crippen LogP contribution in [0.1, 0.15) is 20.3 Å². The summed E-state index contributed by atoms with van der Waals surface area (Å²) < 4.78 is 1.41. The molecule has 1 rings (SSSR count). The second kappa shape index (κ2) is 6.64. The summed E-state index contributed by atoms with van der Waals surface area (Å²) in [4.78, 5) is 35.9. The van der Waals surface area contributed by atoms with Crippen LogP contribution >= 0.6 is 0 Å². The van der Waals surface area contributed by atoms with Crippen molar-refractivity contribution in [3.8, 4) is 0 Å². The molecule has 0 spiro atoms. The highest BCUT2D eigenvalue weighted by atomic mass is 16.6. The van der Waals surface area contributed by atoms with Gasteiger partial charge < -0.3 is 25.1 Å². The fourth-order valence-corrected chi connectivity index (χ4v) is 1.55. The van der Waals surface area contributed by atoms with E-state index in [1.54, 1.807) is 13.8 Å². The molecule has 2 N–H and O–H groups in total. The minimum absolute atomic E-state index is 0.0179. The molecule has 0 unspecified atom stereocenters. The molecule has 1 atom stereocenters. The summed E-state index contributed by atoms with van der Waals surface area (Å²) >= 11 is 0. The van der Waals surface area contributed by atoms with Crippen molar-refractivity contribution in [1.29, 1.82) is 0 Å². The van der Waals surface area contributed by atoms with Crippen LogP contribution in [0, 0.1) is 16.0 Å². The van der Waals surface area contributed by atoms with Crippen molar-refractivity contribution in [2.24, 2.45) is 5.92 Å². The highest BCUT2D eigenvalue weighted by Crippen LogP contribution is 2.07. The number of aryl methyl sites for hydroxylation is 1. The van der Waals surface area contributed by atoms with Crippen LogP contribution in [0.3, 0.4) is 0 Å². The lowest BCUT2D eigenvalue weighted by Gasteiger charge is -2.17. The van der Waals surface area contributed by atoms with E-state index in [0.717, 1.165) is 0 Å². The molecule has 0 bridgehead atoms.